The Hall–Kier alpha value is -3.22. The summed E-state index contributed by atoms with van der Waals surface area (Å²) in [5.74, 6) is -1.44. The number of likely N-dealkylation sites (N-methyl/N-ethyl adjacent to an activating group) is 1. The Morgan fingerprint density at radius 1 is 1.11 bits per heavy atom. The predicted octanol–water partition coefficient (Wildman–Crippen LogP) is 2.80. The summed E-state index contributed by atoms with van der Waals surface area (Å²) in [5, 5.41) is 5.32. The summed E-state index contributed by atoms with van der Waals surface area (Å²) in [7, 11) is 1.51. The largest absolute Gasteiger partial charge is 0.349 e. The Morgan fingerprint density at radius 3 is 2.39 bits per heavy atom. The first kappa shape index (κ1) is 21.1. The monoisotopic (exact) mass is 385 g/mol. The van der Waals surface area contributed by atoms with Gasteiger partial charge >= 0.3 is 0 Å². The molecule has 0 aliphatic rings. The van der Waals surface area contributed by atoms with Crippen molar-refractivity contribution in [1.29, 1.82) is 0 Å². The fourth-order valence-electron chi connectivity index (χ4n) is 2.70. The number of nitrogens with zero attached hydrogens (tertiary/aromatic N) is 1. The SMILES string of the molecule is CC(=O)NC(CC(=O)N(C)CC(=O)Nc1cccc(F)c1)c1ccc(C)cc1. The lowest BCUT2D eigenvalue weighted by molar-refractivity contribution is -0.134. The molecule has 0 aliphatic carbocycles. The van der Waals surface area contributed by atoms with Crippen molar-refractivity contribution in [3.05, 3.63) is 65.5 Å². The zero-order chi connectivity index (χ0) is 20.7. The van der Waals surface area contributed by atoms with Crippen LogP contribution in [-0.4, -0.2) is 36.2 Å². The van der Waals surface area contributed by atoms with Crippen LogP contribution in [0.3, 0.4) is 0 Å². The molecule has 2 rings (SSSR count). The number of halogens is 1. The number of carbonyl (C=O) groups excluding carboxylic acids is 3. The van der Waals surface area contributed by atoms with Crippen LogP contribution >= 0.6 is 0 Å². The highest BCUT2D eigenvalue weighted by Crippen LogP contribution is 2.19. The molecule has 1 atom stereocenters. The number of aryl methyl sites for hydroxylation is 1. The first-order valence-corrected chi connectivity index (χ1v) is 8.87. The molecule has 0 saturated heterocycles. The zero-order valence-corrected chi connectivity index (χ0v) is 16.2. The number of amides is 3. The van der Waals surface area contributed by atoms with E-state index in [0.717, 1.165) is 11.1 Å². The van der Waals surface area contributed by atoms with Crippen LogP contribution in [0.5, 0.6) is 0 Å². The second-order valence-corrected chi connectivity index (χ2v) is 6.68. The molecule has 0 saturated carbocycles. The molecule has 1 unspecified atom stereocenters. The fraction of sp³-hybridized carbons (Fsp3) is 0.286. The maximum Gasteiger partial charge on any atom is 0.243 e. The van der Waals surface area contributed by atoms with E-state index in [1.165, 1.54) is 37.1 Å². The minimum absolute atomic E-state index is 0.0202. The third-order valence-electron chi connectivity index (χ3n) is 4.15. The van der Waals surface area contributed by atoms with Crippen molar-refractivity contribution in [3.8, 4) is 0 Å². The van der Waals surface area contributed by atoms with Crippen LogP contribution in [-0.2, 0) is 14.4 Å². The molecule has 0 aliphatic heterocycles. The van der Waals surface area contributed by atoms with E-state index < -0.39 is 17.8 Å². The first-order valence-electron chi connectivity index (χ1n) is 8.87. The fourth-order valence-corrected chi connectivity index (χ4v) is 2.70. The second kappa shape index (κ2) is 9.64. The molecule has 3 amide bonds. The molecule has 0 bridgehead atoms. The lowest BCUT2D eigenvalue weighted by Crippen LogP contribution is -2.38. The van der Waals surface area contributed by atoms with Gasteiger partial charge < -0.3 is 15.5 Å². The highest BCUT2D eigenvalue weighted by molar-refractivity contribution is 5.94. The molecule has 2 N–H and O–H groups in total. The van der Waals surface area contributed by atoms with Crippen molar-refractivity contribution < 1.29 is 18.8 Å². The lowest BCUT2D eigenvalue weighted by Gasteiger charge is -2.22. The third kappa shape index (κ3) is 6.50. The maximum atomic E-state index is 13.2. The van der Waals surface area contributed by atoms with Crippen LogP contribution in [0.4, 0.5) is 10.1 Å². The van der Waals surface area contributed by atoms with E-state index >= 15 is 0 Å². The van der Waals surface area contributed by atoms with Gasteiger partial charge in [-0.15, -0.1) is 0 Å². The zero-order valence-electron chi connectivity index (χ0n) is 16.2. The van der Waals surface area contributed by atoms with Crippen LogP contribution in [0, 0.1) is 12.7 Å². The third-order valence-corrected chi connectivity index (χ3v) is 4.15. The molecule has 7 heteroatoms. The minimum Gasteiger partial charge on any atom is -0.349 e. The maximum absolute atomic E-state index is 13.2. The Kier molecular flexibility index (Phi) is 7.26. The molecule has 0 heterocycles. The summed E-state index contributed by atoms with van der Waals surface area (Å²) in [6.45, 7) is 3.16. The van der Waals surface area contributed by atoms with Crippen molar-refractivity contribution in [2.45, 2.75) is 26.3 Å². The number of hydrogen-bond acceptors (Lipinski definition) is 3. The Bertz CT molecular complexity index is 852. The van der Waals surface area contributed by atoms with Crippen LogP contribution in [0.1, 0.15) is 30.5 Å². The summed E-state index contributed by atoms with van der Waals surface area (Å²) < 4.78 is 13.2. The average Bonchev–Trinajstić information content (AvgIpc) is 2.61. The molecule has 0 fully saturated rings. The summed E-state index contributed by atoms with van der Waals surface area (Å²) in [6.07, 6.45) is 0.0202. The van der Waals surface area contributed by atoms with E-state index in [9.17, 15) is 18.8 Å². The van der Waals surface area contributed by atoms with Crippen molar-refractivity contribution in [3.63, 3.8) is 0 Å². The molecule has 0 radical (unpaired) electrons. The van der Waals surface area contributed by atoms with Gasteiger partial charge in [0.2, 0.25) is 17.7 Å². The molecular weight excluding hydrogens is 361 g/mol. The van der Waals surface area contributed by atoms with Gasteiger partial charge in [0.1, 0.15) is 5.82 Å². The number of benzene rings is 2. The van der Waals surface area contributed by atoms with Gasteiger partial charge in [0, 0.05) is 19.7 Å². The van der Waals surface area contributed by atoms with E-state index in [4.69, 9.17) is 0 Å². The number of rotatable bonds is 7. The van der Waals surface area contributed by atoms with Crippen LogP contribution in [0.25, 0.3) is 0 Å². The summed E-state index contributed by atoms with van der Waals surface area (Å²) >= 11 is 0. The van der Waals surface area contributed by atoms with Gasteiger partial charge in [0.25, 0.3) is 0 Å². The van der Waals surface area contributed by atoms with Crippen LogP contribution in [0.15, 0.2) is 48.5 Å². The molecule has 0 aromatic heterocycles. The normalized spacial score (nSPS) is 11.4. The quantitative estimate of drug-likeness (QED) is 0.769. The smallest absolute Gasteiger partial charge is 0.243 e. The summed E-state index contributed by atoms with van der Waals surface area (Å²) in [5.41, 5.74) is 2.20. The van der Waals surface area contributed by atoms with Crippen molar-refractivity contribution in [2.75, 3.05) is 18.9 Å². The van der Waals surface area contributed by atoms with E-state index in [-0.39, 0.29) is 24.8 Å². The van der Waals surface area contributed by atoms with Crippen molar-refractivity contribution in [2.24, 2.45) is 0 Å². The minimum atomic E-state index is -0.487. The standard InChI is InChI=1S/C21H24FN3O3/c1-14-7-9-16(10-8-14)19(23-15(2)26)12-21(28)25(3)13-20(27)24-18-6-4-5-17(22)11-18/h4-11,19H,12-13H2,1-3H3,(H,23,26)(H,24,27). The highest BCUT2D eigenvalue weighted by atomic mass is 19.1. The number of hydrogen-bond donors (Lipinski definition) is 2. The molecular formula is C21H24FN3O3. The average molecular weight is 385 g/mol. The number of carbonyl (C=O) groups is 3. The summed E-state index contributed by atoms with van der Waals surface area (Å²) in [6, 6.07) is 12.6. The second-order valence-electron chi connectivity index (χ2n) is 6.68. The van der Waals surface area contributed by atoms with E-state index in [1.807, 2.05) is 31.2 Å². The van der Waals surface area contributed by atoms with E-state index in [2.05, 4.69) is 10.6 Å². The molecule has 2 aromatic rings. The molecule has 148 valence electrons. The number of anilines is 1. The van der Waals surface area contributed by atoms with E-state index in [1.54, 1.807) is 6.07 Å². The Morgan fingerprint density at radius 2 is 1.79 bits per heavy atom. The number of nitrogens with one attached hydrogen (secondary N) is 2. The van der Waals surface area contributed by atoms with Gasteiger partial charge in [0.05, 0.1) is 19.0 Å². The van der Waals surface area contributed by atoms with Crippen LogP contribution < -0.4 is 10.6 Å². The van der Waals surface area contributed by atoms with Gasteiger partial charge in [-0.05, 0) is 30.7 Å². The van der Waals surface area contributed by atoms with Crippen molar-refractivity contribution >= 4 is 23.4 Å². The van der Waals surface area contributed by atoms with Gasteiger partial charge in [-0.2, -0.15) is 0 Å². The van der Waals surface area contributed by atoms with Crippen LogP contribution in [0.2, 0.25) is 0 Å². The van der Waals surface area contributed by atoms with Gasteiger partial charge in [-0.1, -0.05) is 35.9 Å². The Balaban J connectivity index is 1.98. The first-order chi connectivity index (χ1) is 13.2. The lowest BCUT2D eigenvalue weighted by atomic mass is 10.0. The van der Waals surface area contributed by atoms with Crippen molar-refractivity contribution in [1.82, 2.24) is 10.2 Å². The highest BCUT2D eigenvalue weighted by Gasteiger charge is 2.21. The molecule has 6 nitrogen and oxygen atoms in total. The molecule has 2 aromatic carbocycles. The van der Waals surface area contributed by atoms with Gasteiger partial charge in [-0.3, -0.25) is 14.4 Å². The summed E-state index contributed by atoms with van der Waals surface area (Å²) in [4.78, 5) is 37.5. The Labute approximate surface area is 163 Å². The topological polar surface area (TPSA) is 78.5 Å². The predicted molar refractivity (Wildman–Crippen MR) is 105 cm³/mol. The van der Waals surface area contributed by atoms with Gasteiger partial charge in [-0.25, -0.2) is 4.39 Å². The van der Waals surface area contributed by atoms with Gasteiger partial charge in [0.15, 0.2) is 0 Å². The van der Waals surface area contributed by atoms with E-state index in [0.29, 0.717) is 5.69 Å². The molecule has 28 heavy (non-hydrogen) atoms. The molecule has 0 spiro atoms.